The Balaban J connectivity index is 1.38. The molecule has 2 aromatic heterocycles. The second kappa shape index (κ2) is 8.29. The average molecular weight is 409 g/mol. The number of carbonyl (C=O) groups excluding carboxylic acids is 2. The molecule has 1 atom stereocenters. The van der Waals surface area contributed by atoms with Crippen LogP contribution in [-0.4, -0.2) is 51.7 Å². The number of nitrogens with zero attached hydrogens (tertiary/aromatic N) is 4. The Labute approximate surface area is 174 Å². The Morgan fingerprint density at radius 1 is 1.17 bits per heavy atom. The lowest BCUT2D eigenvalue weighted by Gasteiger charge is -2.34. The van der Waals surface area contributed by atoms with E-state index in [2.05, 4.69) is 11.1 Å². The lowest BCUT2D eigenvalue weighted by Crippen LogP contribution is -2.44. The van der Waals surface area contributed by atoms with E-state index in [0.29, 0.717) is 31.5 Å². The van der Waals surface area contributed by atoms with E-state index in [1.165, 1.54) is 0 Å². The van der Waals surface area contributed by atoms with Crippen molar-refractivity contribution in [3.63, 3.8) is 0 Å². The van der Waals surface area contributed by atoms with Crippen LogP contribution >= 0.6 is 11.3 Å². The number of hydrogen-bond acceptors (Lipinski definition) is 5. The summed E-state index contributed by atoms with van der Waals surface area (Å²) >= 11 is 1.64. The minimum atomic E-state index is -0.0741. The first-order valence-electron chi connectivity index (χ1n) is 9.86. The topological polar surface area (TPSA) is 66.4 Å². The molecule has 1 fully saturated rings. The van der Waals surface area contributed by atoms with Gasteiger partial charge in [0.1, 0.15) is 5.01 Å². The van der Waals surface area contributed by atoms with E-state index in [4.69, 9.17) is 4.98 Å². The number of piperidine rings is 1. The lowest BCUT2D eigenvalue weighted by atomic mass is 9.94. The zero-order valence-electron chi connectivity index (χ0n) is 16.6. The van der Waals surface area contributed by atoms with Crippen LogP contribution in [0.2, 0.25) is 0 Å². The summed E-state index contributed by atoms with van der Waals surface area (Å²) < 4.78 is 1.14. The third-order valence-electron chi connectivity index (χ3n) is 5.64. The molecule has 29 heavy (non-hydrogen) atoms. The predicted molar refractivity (Wildman–Crippen MR) is 114 cm³/mol. The summed E-state index contributed by atoms with van der Waals surface area (Å²) in [6.45, 7) is 3.21. The predicted octanol–water partition coefficient (Wildman–Crippen LogP) is 3.76. The van der Waals surface area contributed by atoms with Gasteiger partial charge in [-0.2, -0.15) is 0 Å². The van der Waals surface area contributed by atoms with Crippen molar-refractivity contribution < 1.29 is 9.59 Å². The first kappa shape index (κ1) is 19.5. The van der Waals surface area contributed by atoms with Crippen molar-refractivity contribution in [2.24, 2.45) is 5.92 Å². The largest absolute Gasteiger partial charge is 0.339 e. The zero-order chi connectivity index (χ0) is 20.4. The van der Waals surface area contributed by atoms with Gasteiger partial charge in [0.2, 0.25) is 5.91 Å². The summed E-state index contributed by atoms with van der Waals surface area (Å²) in [7, 11) is 1.85. The van der Waals surface area contributed by atoms with E-state index in [1.54, 1.807) is 40.8 Å². The van der Waals surface area contributed by atoms with E-state index < -0.39 is 0 Å². The Hall–Kier alpha value is -2.80. The first-order valence-corrected chi connectivity index (χ1v) is 10.7. The molecule has 6 nitrogen and oxygen atoms in total. The molecule has 3 heterocycles. The van der Waals surface area contributed by atoms with Gasteiger partial charge in [-0.15, -0.1) is 11.3 Å². The van der Waals surface area contributed by atoms with Crippen LogP contribution in [0.3, 0.4) is 0 Å². The van der Waals surface area contributed by atoms with Gasteiger partial charge in [0.25, 0.3) is 5.91 Å². The fourth-order valence-electron chi connectivity index (χ4n) is 3.71. The van der Waals surface area contributed by atoms with E-state index >= 15 is 0 Å². The first-order chi connectivity index (χ1) is 14.0. The van der Waals surface area contributed by atoms with E-state index in [9.17, 15) is 9.59 Å². The number of thiazole rings is 1. The van der Waals surface area contributed by atoms with Gasteiger partial charge >= 0.3 is 0 Å². The fraction of sp³-hybridized carbons (Fsp3) is 0.364. The quantitative estimate of drug-likeness (QED) is 0.659. The third kappa shape index (κ3) is 4.00. The molecule has 7 heteroatoms. The maximum absolute atomic E-state index is 13.1. The van der Waals surface area contributed by atoms with Crippen LogP contribution in [0.25, 0.3) is 10.2 Å². The monoisotopic (exact) mass is 408 g/mol. The van der Waals surface area contributed by atoms with Crippen molar-refractivity contribution in [1.29, 1.82) is 0 Å². The second-order valence-electron chi connectivity index (χ2n) is 7.45. The van der Waals surface area contributed by atoms with Gasteiger partial charge in [0.15, 0.2) is 0 Å². The van der Waals surface area contributed by atoms with Gasteiger partial charge in [0.05, 0.1) is 21.8 Å². The van der Waals surface area contributed by atoms with Gasteiger partial charge in [0, 0.05) is 38.4 Å². The molecule has 4 rings (SSSR count). The van der Waals surface area contributed by atoms with Crippen molar-refractivity contribution in [3.8, 4) is 0 Å². The zero-order valence-corrected chi connectivity index (χ0v) is 17.4. The molecular weight excluding hydrogens is 384 g/mol. The molecule has 1 aliphatic rings. The van der Waals surface area contributed by atoms with E-state index in [0.717, 1.165) is 15.2 Å². The van der Waals surface area contributed by atoms with Crippen LogP contribution in [-0.2, 0) is 4.79 Å². The number of aromatic nitrogens is 2. The van der Waals surface area contributed by atoms with Gasteiger partial charge in [-0.05, 0) is 44.0 Å². The van der Waals surface area contributed by atoms with Crippen LogP contribution in [0.4, 0.5) is 0 Å². The molecular formula is C22H24N4O2S. The van der Waals surface area contributed by atoms with Gasteiger partial charge in [-0.1, -0.05) is 12.1 Å². The van der Waals surface area contributed by atoms with Crippen LogP contribution in [0.1, 0.15) is 41.2 Å². The smallest absolute Gasteiger partial charge is 0.255 e. The molecule has 0 spiro atoms. The standard InChI is InChI=1S/C22H24N4O2S/c1-15(20-24-18-7-3-4-8-19(18)29-20)25(2)21(27)16-9-12-26(13-10-16)22(28)17-6-5-11-23-14-17/h3-8,11,14-16H,9-10,12-13H2,1-2H3/t15-/m0/s1. The fourth-order valence-corrected chi connectivity index (χ4v) is 4.78. The Bertz CT molecular complexity index is 979. The molecule has 2 amide bonds. The third-order valence-corrected chi connectivity index (χ3v) is 6.84. The van der Waals surface area contributed by atoms with Crippen molar-refractivity contribution >= 4 is 33.4 Å². The summed E-state index contributed by atoms with van der Waals surface area (Å²) in [4.78, 5) is 38.0. The Morgan fingerprint density at radius 3 is 2.62 bits per heavy atom. The number of carbonyl (C=O) groups is 2. The highest BCUT2D eigenvalue weighted by Gasteiger charge is 2.31. The van der Waals surface area contributed by atoms with Crippen molar-refractivity contribution in [2.45, 2.75) is 25.8 Å². The lowest BCUT2D eigenvalue weighted by molar-refractivity contribution is -0.137. The molecule has 0 radical (unpaired) electrons. The number of hydrogen-bond donors (Lipinski definition) is 0. The number of likely N-dealkylation sites (tertiary alicyclic amines) is 1. The average Bonchev–Trinajstić information content (AvgIpc) is 3.22. The van der Waals surface area contributed by atoms with E-state index in [1.807, 2.05) is 37.1 Å². The maximum atomic E-state index is 13.1. The molecule has 0 unspecified atom stereocenters. The summed E-state index contributed by atoms with van der Waals surface area (Å²) in [6.07, 6.45) is 4.61. The highest BCUT2D eigenvalue weighted by molar-refractivity contribution is 7.18. The minimum absolute atomic E-state index is 0.0137. The Morgan fingerprint density at radius 2 is 1.93 bits per heavy atom. The van der Waals surface area contributed by atoms with E-state index in [-0.39, 0.29) is 23.8 Å². The van der Waals surface area contributed by atoms with Crippen LogP contribution in [0.15, 0.2) is 48.8 Å². The molecule has 3 aromatic rings. The second-order valence-corrected chi connectivity index (χ2v) is 8.52. The number of rotatable bonds is 4. The highest BCUT2D eigenvalue weighted by atomic mass is 32.1. The number of fused-ring (bicyclic) bond motifs is 1. The van der Waals surface area contributed by atoms with Crippen molar-refractivity contribution in [1.82, 2.24) is 19.8 Å². The maximum Gasteiger partial charge on any atom is 0.255 e. The Kier molecular flexibility index (Phi) is 5.58. The van der Waals surface area contributed by atoms with Crippen LogP contribution in [0.5, 0.6) is 0 Å². The van der Waals surface area contributed by atoms with Crippen molar-refractivity contribution in [2.75, 3.05) is 20.1 Å². The van der Waals surface area contributed by atoms with Crippen molar-refractivity contribution in [3.05, 3.63) is 59.4 Å². The number of benzene rings is 1. The summed E-state index contributed by atoms with van der Waals surface area (Å²) in [5.74, 6) is 0.0557. The molecule has 1 aromatic carbocycles. The molecule has 150 valence electrons. The summed E-state index contributed by atoms with van der Waals surface area (Å²) in [5, 5.41) is 0.950. The molecule has 1 saturated heterocycles. The normalized spacial score (nSPS) is 16.0. The number of amides is 2. The van der Waals surface area contributed by atoms with Gasteiger partial charge < -0.3 is 9.80 Å². The van der Waals surface area contributed by atoms with Gasteiger partial charge in [-0.25, -0.2) is 4.98 Å². The molecule has 0 N–H and O–H groups in total. The molecule has 1 aliphatic heterocycles. The number of para-hydroxylation sites is 1. The number of pyridine rings is 1. The SMILES string of the molecule is C[C@@H](c1nc2ccccc2s1)N(C)C(=O)C1CCN(C(=O)c2cccnc2)CC1. The minimum Gasteiger partial charge on any atom is -0.339 e. The van der Waals surface area contributed by atoms with Crippen LogP contribution in [0, 0.1) is 5.92 Å². The molecule has 0 aliphatic carbocycles. The molecule has 0 bridgehead atoms. The molecule has 0 saturated carbocycles. The summed E-state index contributed by atoms with van der Waals surface area (Å²) in [5.41, 5.74) is 1.57. The highest BCUT2D eigenvalue weighted by Crippen LogP contribution is 2.30. The summed E-state index contributed by atoms with van der Waals surface area (Å²) in [6, 6.07) is 11.5. The van der Waals surface area contributed by atoms with Gasteiger partial charge in [-0.3, -0.25) is 14.6 Å². The van der Waals surface area contributed by atoms with Crippen LogP contribution < -0.4 is 0 Å².